The summed E-state index contributed by atoms with van der Waals surface area (Å²) < 4.78 is 9.71. The van der Waals surface area contributed by atoms with Crippen LogP contribution in [0.25, 0.3) is 0 Å². The molecule has 0 fully saturated rings. The van der Waals surface area contributed by atoms with Gasteiger partial charge in [0.25, 0.3) is 0 Å². The van der Waals surface area contributed by atoms with Crippen LogP contribution in [-0.4, -0.2) is 94.7 Å². The summed E-state index contributed by atoms with van der Waals surface area (Å²) in [6.07, 6.45) is 2.31. The largest absolute Gasteiger partial charge is 0.396 e. The maximum absolute atomic E-state index is 8.66. The molecule has 0 rings (SSSR count). The van der Waals surface area contributed by atoms with Crippen molar-refractivity contribution in [2.75, 3.05) is 39.6 Å². The van der Waals surface area contributed by atoms with E-state index in [1.54, 1.807) is 27.7 Å². The van der Waals surface area contributed by atoms with Crippen molar-refractivity contribution in [2.45, 2.75) is 91.6 Å². The second-order valence-corrected chi connectivity index (χ2v) is 6.63. The maximum Gasteiger partial charge on any atom is 0.0745 e. The van der Waals surface area contributed by atoms with Gasteiger partial charge in [-0.15, -0.1) is 0 Å². The van der Waals surface area contributed by atoms with E-state index in [2.05, 4.69) is 13.8 Å². The Bertz CT molecular complexity index is 199. The minimum Gasteiger partial charge on any atom is -0.396 e. The molecule has 6 N–H and O–H groups in total. The monoisotopic (exact) mass is 464 g/mol. The fraction of sp³-hybridized carbons (Fsp3) is 1.00. The number of rotatable bonds is 12. The van der Waals surface area contributed by atoms with Crippen molar-refractivity contribution >= 4 is 0 Å². The van der Waals surface area contributed by atoms with E-state index >= 15 is 0 Å². The number of hydrogen-bond acceptors (Lipinski definition) is 8. The zero-order valence-corrected chi connectivity index (χ0v) is 20.9. The number of aliphatic hydroxyl groups is 6. The summed E-state index contributed by atoms with van der Waals surface area (Å²) in [7, 11) is 0. The summed E-state index contributed by atoms with van der Waals surface area (Å²) >= 11 is 0. The quantitative estimate of drug-likeness (QED) is 0.236. The van der Waals surface area contributed by atoms with E-state index < -0.39 is 24.4 Å². The van der Waals surface area contributed by atoms with Gasteiger partial charge in [-0.05, 0) is 40.5 Å². The number of ether oxygens (including phenoxy) is 2. The Morgan fingerprint density at radius 3 is 0.828 bits per heavy atom. The van der Waals surface area contributed by atoms with Gasteiger partial charge in [-0.1, -0.05) is 26.7 Å². The van der Waals surface area contributed by atoms with Crippen LogP contribution in [0.5, 0.6) is 0 Å². The van der Waals surface area contributed by atoms with E-state index in [-0.39, 0.29) is 21.7 Å². The Morgan fingerprint density at radius 1 is 0.552 bits per heavy atom. The molecule has 0 saturated carbocycles. The summed E-state index contributed by atoms with van der Waals surface area (Å²) in [5, 5.41) is 50.8. The van der Waals surface area contributed by atoms with E-state index in [1.165, 1.54) is 0 Å². The Balaban J connectivity index is -0.0000000907. The molecule has 0 aliphatic carbocycles. The molecule has 0 aliphatic rings. The van der Waals surface area contributed by atoms with Crippen molar-refractivity contribution < 1.29 is 61.8 Å². The van der Waals surface area contributed by atoms with Crippen molar-refractivity contribution in [3.05, 3.63) is 0 Å². The Morgan fingerprint density at radius 2 is 0.759 bits per heavy atom. The molecule has 0 bridgehead atoms. The molecule has 0 aromatic heterocycles. The topological polar surface area (TPSA) is 140 Å². The summed E-state index contributed by atoms with van der Waals surface area (Å²) in [5.41, 5.74) is 0. The third-order valence-electron chi connectivity index (χ3n) is 2.46. The summed E-state index contributed by atoms with van der Waals surface area (Å²) in [6.45, 7) is 12.5. The molecule has 180 valence electrons. The van der Waals surface area contributed by atoms with Crippen LogP contribution >= 0.6 is 0 Å². The molecule has 8 nitrogen and oxygen atoms in total. The first-order valence-corrected chi connectivity index (χ1v) is 10.2. The first-order chi connectivity index (χ1) is 13.1. The minimum absolute atomic E-state index is 0. The van der Waals surface area contributed by atoms with Crippen molar-refractivity contribution in [3.63, 3.8) is 0 Å². The van der Waals surface area contributed by atoms with Gasteiger partial charge in [-0.3, -0.25) is 0 Å². The molecule has 0 spiro atoms. The van der Waals surface area contributed by atoms with Crippen LogP contribution in [-0.2, 0) is 31.2 Å². The molecule has 4 unspecified atom stereocenters. The van der Waals surface area contributed by atoms with E-state index in [4.69, 9.17) is 40.1 Å². The van der Waals surface area contributed by atoms with Gasteiger partial charge in [0.05, 0.1) is 50.8 Å². The third kappa shape index (κ3) is 73.6. The molecule has 0 radical (unpaired) electrons. The van der Waals surface area contributed by atoms with Crippen LogP contribution in [0, 0.1) is 0 Å². The molecule has 0 aromatic carbocycles. The van der Waals surface area contributed by atoms with Gasteiger partial charge >= 0.3 is 0 Å². The van der Waals surface area contributed by atoms with Crippen molar-refractivity contribution in [2.24, 2.45) is 0 Å². The Labute approximate surface area is 193 Å². The molecule has 0 aromatic rings. The molecule has 4 atom stereocenters. The smallest absolute Gasteiger partial charge is 0.0745 e. The fourth-order valence-corrected chi connectivity index (χ4v) is 1.13. The van der Waals surface area contributed by atoms with Crippen LogP contribution in [0.4, 0.5) is 0 Å². The standard InChI is InChI=1S/2C6H14O3.2C4H10O.Ti/c2*1-5(7)3-9-4-6(2)8;2*1-2-3-4-5;/h2*5-8H,3-4H2,1-2H3;2*5H,2-4H2,1H3;. The van der Waals surface area contributed by atoms with Gasteiger partial charge in [0, 0.05) is 34.9 Å². The average Bonchev–Trinajstić information content (AvgIpc) is 2.56. The maximum atomic E-state index is 8.66. The van der Waals surface area contributed by atoms with E-state index in [1.807, 2.05) is 0 Å². The van der Waals surface area contributed by atoms with Crippen LogP contribution in [0.2, 0.25) is 0 Å². The molecule has 0 saturated heterocycles. The van der Waals surface area contributed by atoms with Gasteiger partial charge in [0.15, 0.2) is 0 Å². The molecular weight excluding hydrogens is 416 g/mol. The van der Waals surface area contributed by atoms with Crippen LogP contribution < -0.4 is 0 Å². The van der Waals surface area contributed by atoms with Gasteiger partial charge in [0.1, 0.15) is 0 Å². The van der Waals surface area contributed by atoms with Crippen LogP contribution in [0.15, 0.2) is 0 Å². The van der Waals surface area contributed by atoms with Gasteiger partial charge in [-0.25, -0.2) is 0 Å². The molecule has 9 heteroatoms. The van der Waals surface area contributed by atoms with Gasteiger partial charge in [-0.2, -0.15) is 0 Å². The fourth-order valence-electron chi connectivity index (χ4n) is 1.13. The molecule has 0 amide bonds. The third-order valence-corrected chi connectivity index (χ3v) is 2.46. The van der Waals surface area contributed by atoms with Gasteiger partial charge < -0.3 is 40.1 Å². The number of hydrogen-bond donors (Lipinski definition) is 6. The number of unbranched alkanes of at least 4 members (excludes halogenated alkanes) is 2. The van der Waals surface area contributed by atoms with Crippen molar-refractivity contribution in [3.8, 4) is 0 Å². The summed E-state index contributed by atoms with van der Waals surface area (Å²) in [4.78, 5) is 0. The average molecular weight is 464 g/mol. The van der Waals surface area contributed by atoms with Crippen LogP contribution in [0.1, 0.15) is 67.2 Å². The molecule has 0 aliphatic heterocycles. The number of aliphatic hydroxyl groups excluding tert-OH is 6. The first kappa shape index (κ1) is 39.8. The SMILES string of the molecule is CC(O)COCC(C)O.CC(O)COCC(C)O.CCCCO.CCCCO.[Ti]. The Hall–Kier alpha value is 0.394. The zero-order valence-electron chi connectivity index (χ0n) is 19.4. The van der Waals surface area contributed by atoms with E-state index in [0.29, 0.717) is 39.6 Å². The van der Waals surface area contributed by atoms with E-state index in [0.717, 1.165) is 25.7 Å². The summed E-state index contributed by atoms with van der Waals surface area (Å²) in [5.74, 6) is 0. The predicted octanol–water partition coefficient (Wildman–Crippen LogP) is 1.08. The van der Waals surface area contributed by atoms with Crippen LogP contribution in [0.3, 0.4) is 0 Å². The van der Waals surface area contributed by atoms with Crippen molar-refractivity contribution in [1.82, 2.24) is 0 Å². The van der Waals surface area contributed by atoms with Gasteiger partial charge in [0.2, 0.25) is 0 Å². The van der Waals surface area contributed by atoms with Crippen molar-refractivity contribution in [1.29, 1.82) is 0 Å². The molecular formula is C20H48O8Ti. The summed E-state index contributed by atoms with van der Waals surface area (Å²) in [6, 6.07) is 0. The Kier molecular flexibility index (Phi) is 49.2. The van der Waals surface area contributed by atoms with E-state index in [9.17, 15) is 0 Å². The second kappa shape index (κ2) is 35.8. The zero-order chi connectivity index (χ0) is 22.8. The molecule has 0 heterocycles. The normalized spacial score (nSPS) is 13.7. The molecule has 29 heavy (non-hydrogen) atoms. The second-order valence-electron chi connectivity index (χ2n) is 6.63. The minimum atomic E-state index is -0.441. The first-order valence-electron chi connectivity index (χ1n) is 10.2. The predicted molar refractivity (Wildman–Crippen MR) is 112 cm³/mol.